The van der Waals surface area contributed by atoms with Crippen LogP contribution in [0.1, 0.15) is 43.9 Å². The molecule has 0 aliphatic heterocycles. The molecule has 0 radical (unpaired) electrons. The second kappa shape index (κ2) is 6.53. The van der Waals surface area contributed by atoms with Crippen molar-refractivity contribution in [2.24, 2.45) is 5.73 Å². The van der Waals surface area contributed by atoms with Crippen molar-refractivity contribution in [3.8, 4) is 0 Å². The molecule has 0 aromatic carbocycles. The molecule has 1 aliphatic carbocycles. The normalized spacial score (nSPS) is 25.4. The summed E-state index contributed by atoms with van der Waals surface area (Å²) in [5.41, 5.74) is 5.99. The zero-order valence-electron chi connectivity index (χ0n) is 10.8. The van der Waals surface area contributed by atoms with E-state index in [1.165, 1.54) is 43.5 Å². The highest BCUT2D eigenvalue weighted by molar-refractivity contribution is 7.09. The molecule has 0 atom stereocenters. The molecule has 2 rings (SSSR count). The van der Waals surface area contributed by atoms with Crippen LogP contribution in [-0.2, 0) is 6.54 Å². The van der Waals surface area contributed by atoms with Crippen LogP contribution in [0.3, 0.4) is 0 Å². The number of thiophene rings is 1. The fourth-order valence-corrected chi connectivity index (χ4v) is 3.48. The zero-order chi connectivity index (χ0) is 12.1. The van der Waals surface area contributed by atoms with Crippen molar-refractivity contribution < 1.29 is 0 Å². The molecular formula is C14H24N2S. The Hall–Kier alpha value is -0.380. The molecule has 1 aromatic heterocycles. The van der Waals surface area contributed by atoms with E-state index in [9.17, 15) is 0 Å². The molecule has 0 saturated heterocycles. The molecule has 2 nitrogen and oxygen atoms in total. The first-order chi connectivity index (χ1) is 8.29. The van der Waals surface area contributed by atoms with Gasteiger partial charge in [0.05, 0.1) is 0 Å². The Balaban J connectivity index is 1.92. The maximum absolute atomic E-state index is 5.99. The summed E-state index contributed by atoms with van der Waals surface area (Å²) in [6, 6.07) is 5.62. The number of hydrogen-bond acceptors (Lipinski definition) is 3. The highest BCUT2D eigenvalue weighted by Crippen LogP contribution is 2.24. The van der Waals surface area contributed by atoms with Gasteiger partial charge in [-0.15, -0.1) is 11.3 Å². The van der Waals surface area contributed by atoms with Crippen LogP contribution in [0.2, 0.25) is 0 Å². The maximum Gasteiger partial charge on any atom is 0.0330 e. The molecule has 0 bridgehead atoms. The van der Waals surface area contributed by atoms with Crippen LogP contribution in [0.15, 0.2) is 17.5 Å². The van der Waals surface area contributed by atoms with Crippen molar-refractivity contribution in [3.63, 3.8) is 0 Å². The lowest BCUT2D eigenvalue weighted by Gasteiger charge is -2.35. The molecule has 0 unspecified atom stereocenters. The molecule has 1 saturated carbocycles. The van der Waals surface area contributed by atoms with E-state index in [1.807, 2.05) is 11.3 Å². The molecule has 3 heteroatoms. The van der Waals surface area contributed by atoms with E-state index in [0.717, 1.165) is 12.6 Å². The highest BCUT2D eigenvalue weighted by atomic mass is 32.1. The average molecular weight is 252 g/mol. The van der Waals surface area contributed by atoms with Gasteiger partial charge in [0.15, 0.2) is 0 Å². The van der Waals surface area contributed by atoms with Crippen LogP contribution in [0.4, 0.5) is 0 Å². The molecule has 0 amide bonds. The Morgan fingerprint density at radius 1 is 1.35 bits per heavy atom. The first kappa shape index (κ1) is 13.1. The Bertz CT molecular complexity index is 302. The average Bonchev–Trinajstić information content (AvgIpc) is 2.82. The van der Waals surface area contributed by atoms with Crippen LogP contribution >= 0.6 is 11.3 Å². The van der Waals surface area contributed by atoms with Crippen molar-refractivity contribution in [1.29, 1.82) is 0 Å². The van der Waals surface area contributed by atoms with E-state index in [0.29, 0.717) is 6.04 Å². The van der Waals surface area contributed by atoms with Crippen LogP contribution in [0, 0.1) is 0 Å². The van der Waals surface area contributed by atoms with Crippen LogP contribution < -0.4 is 5.73 Å². The lowest BCUT2D eigenvalue weighted by molar-refractivity contribution is 0.143. The smallest absolute Gasteiger partial charge is 0.0330 e. The Labute approximate surface area is 109 Å². The summed E-state index contributed by atoms with van der Waals surface area (Å²) in [5.74, 6) is 0. The minimum atomic E-state index is 0.455. The Morgan fingerprint density at radius 2 is 2.12 bits per heavy atom. The molecule has 1 heterocycles. The van der Waals surface area contributed by atoms with E-state index in [-0.39, 0.29) is 0 Å². The molecular weight excluding hydrogens is 228 g/mol. The van der Waals surface area contributed by atoms with E-state index in [1.54, 1.807) is 0 Å². The minimum absolute atomic E-state index is 0.455. The fourth-order valence-electron chi connectivity index (χ4n) is 2.75. The molecule has 1 aliphatic rings. The van der Waals surface area contributed by atoms with Crippen LogP contribution in [0.5, 0.6) is 0 Å². The minimum Gasteiger partial charge on any atom is -0.328 e. The summed E-state index contributed by atoms with van der Waals surface area (Å²) < 4.78 is 0. The predicted molar refractivity (Wildman–Crippen MR) is 75.3 cm³/mol. The summed E-state index contributed by atoms with van der Waals surface area (Å²) in [6.07, 6.45) is 6.22. The third-order valence-corrected chi connectivity index (χ3v) is 4.57. The highest BCUT2D eigenvalue weighted by Gasteiger charge is 2.23. The zero-order valence-corrected chi connectivity index (χ0v) is 11.6. The lowest BCUT2D eigenvalue weighted by atomic mass is 9.90. The van der Waals surface area contributed by atoms with Gasteiger partial charge in [-0.2, -0.15) is 0 Å². The fraction of sp³-hybridized carbons (Fsp3) is 0.714. The lowest BCUT2D eigenvalue weighted by Crippen LogP contribution is -2.40. The second-order valence-electron chi connectivity index (χ2n) is 5.12. The van der Waals surface area contributed by atoms with Crippen molar-refractivity contribution >= 4 is 11.3 Å². The van der Waals surface area contributed by atoms with Crippen molar-refractivity contribution in [1.82, 2.24) is 4.90 Å². The quantitative estimate of drug-likeness (QED) is 0.872. The maximum atomic E-state index is 5.99. The molecule has 1 aromatic rings. The van der Waals surface area contributed by atoms with E-state index in [4.69, 9.17) is 5.73 Å². The van der Waals surface area contributed by atoms with E-state index >= 15 is 0 Å². The summed E-state index contributed by atoms with van der Waals surface area (Å²) >= 11 is 1.88. The first-order valence-electron chi connectivity index (χ1n) is 6.81. The summed E-state index contributed by atoms with van der Waals surface area (Å²) in [6.45, 7) is 4.62. The van der Waals surface area contributed by atoms with Gasteiger partial charge in [-0.1, -0.05) is 13.0 Å². The number of hydrogen-bond donors (Lipinski definition) is 1. The van der Waals surface area contributed by atoms with Gasteiger partial charge < -0.3 is 5.73 Å². The van der Waals surface area contributed by atoms with Crippen molar-refractivity contribution in [2.75, 3.05) is 6.54 Å². The van der Waals surface area contributed by atoms with Gasteiger partial charge in [0.2, 0.25) is 0 Å². The number of rotatable bonds is 5. The van der Waals surface area contributed by atoms with Crippen molar-refractivity contribution in [3.05, 3.63) is 22.4 Å². The third-order valence-electron chi connectivity index (χ3n) is 3.71. The summed E-state index contributed by atoms with van der Waals surface area (Å²) in [7, 11) is 0. The Kier molecular flexibility index (Phi) is 5.01. The SMILES string of the molecule is CCCN(Cc1cccs1)C1CCC(N)CC1. The Morgan fingerprint density at radius 3 is 2.71 bits per heavy atom. The van der Waals surface area contributed by atoms with Crippen molar-refractivity contribution in [2.45, 2.75) is 57.7 Å². The topological polar surface area (TPSA) is 29.3 Å². The molecule has 17 heavy (non-hydrogen) atoms. The third kappa shape index (κ3) is 3.80. The predicted octanol–water partition coefficient (Wildman–Crippen LogP) is 3.23. The summed E-state index contributed by atoms with van der Waals surface area (Å²) in [5, 5.41) is 2.18. The van der Waals surface area contributed by atoms with Crippen LogP contribution in [0.25, 0.3) is 0 Å². The largest absolute Gasteiger partial charge is 0.328 e. The summed E-state index contributed by atoms with van der Waals surface area (Å²) in [4.78, 5) is 4.16. The van der Waals surface area contributed by atoms with Gasteiger partial charge in [-0.3, -0.25) is 4.90 Å². The van der Waals surface area contributed by atoms with Gasteiger partial charge in [0.1, 0.15) is 0 Å². The number of nitrogens with two attached hydrogens (primary N) is 1. The molecule has 0 spiro atoms. The molecule has 1 fully saturated rings. The van der Waals surface area contributed by atoms with Gasteiger partial charge in [-0.05, 0) is 50.1 Å². The van der Waals surface area contributed by atoms with Gasteiger partial charge in [0.25, 0.3) is 0 Å². The standard InChI is InChI=1S/C14H24N2S/c1-2-9-16(11-14-4-3-10-17-14)13-7-5-12(15)6-8-13/h3-4,10,12-13H,2,5-9,11,15H2,1H3. The van der Waals surface area contributed by atoms with Gasteiger partial charge in [-0.25, -0.2) is 0 Å². The monoisotopic (exact) mass is 252 g/mol. The van der Waals surface area contributed by atoms with Gasteiger partial charge >= 0.3 is 0 Å². The van der Waals surface area contributed by atoms with Gasteiger partial charge in [0, 0.05) is 23.5 Å². The van der Waals surface area contributed by atoms with Crippen LogP contribution in [-0.4, -0.2) is 23.5 Å². The van der Waals surface area contributed by atoms with E-state index < -0.39 is 0 Å². The molecule has 96 valence electrons. The second-order valence-corrected chi connectivity index (χ2v) is 6.15. The first-order valence-corrected chi connectivity index (χ1v) is 7.69. The molecule has 2 N–H and O–H groups in total. The van der Waals surface area contributed by atoms with E-state index in [2.05, 4.69) is 29.3 Å². The number of nitrogens with zero attached hydrogens (tertiary/aromatic N) is 1.